The van der Waals surface area contributed by atoms with Gasteiger partial charge in [0.15, 0.2) is 0 Å². The molecular weight excluding hydrogens is 316 g/mol. The Hall–Kier alpha value is -2.05. The van der Waals surface area contributed by atoms with E-state index in [1.54, 1.807) is 12.5 Å². The maximum atomic E-state index is 6.04. The molecule has 6 heteroatoms. The van der Waals surface area contributed by atoms with Crippen molar-refractivity contribution in [3.05, 3.63) is 48.2 Å². The van der Waals surface area contributed by atoms with Gasteiger partial charge >= 0.3 is 0 Å². The van der Waals surface area contributed by atoms with E-state index in [-0.39, 0.29) is 0 Å². The summed E-state index contributed by atoms with van der Waals surface area (Å²) in [5.74, 6) is 1.45. The molecule has 2 aromatic rings. The molecule has 0 radical (unpaired) electrons. The second kappa shape index (κ2) is 7.89. The fourth-order valence-electron chi connectivity index (χ4n) is 3.47. The van der Waals surface area contributed by atoms with E-state index in [0.717, 1.165) is 62.6 Å². The number of hydrogen-bond donors (Lipinski definition) is 0. The molecule has 132 valence electrons. The van der Waals surface area contributed by atoms with Crippen molar-refractivity contribution < 1.29 is 9.47 Å². The molecule has 0 spiro atoms. The van der Waals surface area contributed by atoms with Crippen LogP contribution in [0.2, 0.25) is 0 Å². The van der Waals surface area contributed by atoms with Crippen molar-refractivity contribution in [1.82, 2.24) is 15.0 Å². The molecule has 0 aliphatic carbocycles. The molecule has 0 N–H and O–H groups in total. The molecule has 0 saturated carbocycles. The molecule has 6 nitrogen and oxygen atoms in total. The molecular formula is C19H24N4O2. The highest BCUT2D eigenvalue weighted by atomic mass is 16.5. The summed E-state index contributed by atoms with van der Waals surface area (Å²) in [6, 6.07) is 6.14. The van der Waals surface area contributed by atoms with Gasteiger partial charge in [0.1, 0.15) is 12.1 Å². The summed E-state index contributed by atoms with van der Waals surface area (Å²) in [4.78, 5) is 15.4. The van der Waals surface area contributed by atoms with E-state index in [1.807, 2.05) is 12.3 Å². The average molecular weight is 340 g/mol. The van der Waals surface area contributed by atoms with Crippen LogP contribution in [0.1, 0.15) is 36.4 Å². The molecule has 2 aromatic heterocycles. The zero-order valence-electron chi connectivity index (χ0n) is 14.4. The summed E-state index contributed by atoms with van der Waals surface area (Å²) in [6.45, 7) is 4.19. The first-order chi connectivity index (χ1) is 12.4. The lowest BCUT2D eigenvalue weighted by Gasteiger charge is -2.33. The third kappa shape index (κ3) is 4.14. The van der Waals surface area contributed by atoms with Gasteiger partial charge in [0.2, 0.25) is 0 Å². The lowest BCUT2D eigenvalue weighted by Crippen LogP contribution is -2.37. The average Bonchev–Trinajstić information content (AvgIpc) is 3.23. The molecule has 2 aliphatic rings. The molecule has 2 aliphatic heterocycles. The first-order valence-corrected chi connectivity index (χ1v) is 9.03. The van der Waals surface area contributed by atoms with Gasteiger partial charge in [0.25, 0.3) is 0 Å². The van der Waals surface area contributed by atoms with Gasteiger partial charge in [-0.1, -0.05) is 6.07 Å². The number of hydrogen-bond acceptors (Lipinski definition) is 6. The summed E-state index contributed by atoms with van der Waals surface area (Å²) in [5.41, 5.74) is 2.24. The molecule has 0 bridgehead atoms. The first-order valence-electron chi connectivity index (χ1n) is 9.03. The van der Waals surface area contributed by atoms with Gasteiger partial charge in [-0.15, -0.1) is 0 Å². The van der Waals surface area contributed by atoms with Crippen LogP contribution in [0.3, 0.4) is 0 Å². The molecule has 0 amide bonds. The highest BCUT2D eigenvalue weighted by Gasteiger charge is 2.23. The molecule has 4 rings (SSSR count). The van der Waals surface area contributed by atoms with E-state index in [0.29, 0.717) is 18.6 Å². The zero-order chi connectivity index (χ0) is 16.9. The summed E-state index contributed by atoms with van der Waals surface area (Å²) < 4.78 is 11.5. The maximum absolute atomic E-state index is 6.04. The number of ether oxygens (including phenoxy) is 2. The van der Waals surface area contributed by atoms with Crippen molar-refractivity contribution in [2.45, 2.75) is 37.9 Å². The molecule has 2 saturated heterocycles. The lowest BCUT2D eigenvalue weighted by molar-refractivity contribution is 0.0249. The molecule has 2 fully saturated rings. The maximum Gasteiger partial charge on any atom is 0.132 e. The smallest absolute Gasteiger partial charge is 0.132 e. The molecule has 1 atom stereocenters. The van der Waals surface area contributed by atoms with Gasteiger partial charge in [-0.3, -0.25) is 4.98 Å². The Balaban J connectivity index is 1.30. The highest BCUT2D eigenvalue weighted by Crippen LogP contribution is 2.27. The Morgan fingerprint density at radius 1 is 1.20 bits per heavy atom. The van der Waals surface area contributed by atoms with Crippen molar-refractivity contribution in [2.75, 3.05) is 31.2 Å². The van der Waals surface area contributed by atoms with Crippen molar-refractivity contribution in [3.8, 4) is 0 Å². The number of aromatic nitrogens is 3. The van der Waals surface area contributed by atoms with Gasteiger partial charge < -0.3 is 14.4 Å². The minimum atomic E-state index is 0.306. The monoisotopic (exact) mass is 340 g/mol. The third-order valence-corrected chi connectivity index (χ3v) is 5.00. The summed E-state index contributed by atoms with van der Waals surface area (Å²) >= 11 is 0. The standard InChI is InChI=1S/C19H24N4O2/c1-2-15(11-20-6-1)12-25-17-3-7-23(8-4-17)19-10-18(21-14-22-19)16-5-9-24-13-16/h1-2,6,10-11,14,16-17H,3-5,7-9,12-13H2. The third-order valence-electron chi connectivity index (χ3n) is 5.00. The van der Waals surface area contributed by atoms with Gasteiger partial charge in [0, 0.05) is 44.1 Å². The Morgan fingerprint density at radius 2 is 2.12 bits per heavy atom. The second-order valence-electron chi connectivity index (χ2n) is 6.72. The molecule has 1 unspecified atom stereocenters. The number of pyridine rings is 1. The Bertz CT molecular complexity index is 668. The quantitative estimate of drug-likeness (QED) is 0.834. The van der Waals surface area contributed by atoms with E-state index in [4.69, 9.17) is 9.47 Å². The van der Waals surface area contributed by atoms with Gasteiger partial charge in [-0.25, -0.2) is 9.97 Å². The Labute approximate surface area is 148 Å². The van der Waals surface area contributed by atoms with E-state index in [2.05, 4.69) is 32.0 Å². The van der Waals surface area contributed by atoms with Crippen LogP contribution < -0.4 is 4.90 Å². The topological polar surface area (TPSA) is 60.4 Å². The van der Waals surface area contributed by atoms with Gasteiger partial charge in [-0.05, 0) is 30.9 Å². The van der Waals surface area contributed by atoms with Crippen LogP contribution in [0.15, 0.2) is 36.9 Å². The van der Waals surface area contributed by atoms with E-state index < -0.39 is 0 Å². The van der Waals surface area contributed by atoms with Crippen LogP contribution in [0.4, 0.5) is 5.82 Å². The van der Waals surface area contributed by atoms with Crippen LogP contribution in [0.25, 0.3) is 0 Å². The van der Waals surface area contributed by atoms with Crippen LogP contribution in [-0.4, -0.2) is 47.4 Å². The predicted octanol–water partition coefficient (Wildman–Crippen LogP) is 2.56. The van der Waals surface area contributed by atoms with Crippen molar-refractivity contribution in [3.63, 3.8) is 0 Å². The second-order valence-corrected chi connectivity index (χ2v) is 6.72. The largest absolute Gasteiger partial charge is 0.381 e. The predicted molar refractivity (Wildman–Crippen MR) is 94.5 cm³/mol. The van der Waals surface area contributed by atoms with Gasteiger partial charge in [0.05, 0.1) is 25.0 Å². The molecule has 25 heavy (non-hydrogen) atoms. The number of piperidine rings is 1. The van der Waals surface area contributed by atoms with Crippen LogP contribution in [-0.2, 0) is 16.1 Å². The minimum absolute atomic E-state index is 0.306. The molecule has 0 aromatic carbocycles. The Morgan fingerprint density at radius 3 is 2.88 bits per heavy atom. The Kier molecular flexibility index (Phi) is 5.18. The summed E-state index contributed by atoms with van der Waals surface area (Å²) in [7, 11) is 0. The van der Waals surface area contributed by atoms with Crippen molar-refractivity contribution in [2.24, 2.45) is 0 Å². The van der Waals surface area contributed by atoms with Gasteiger partial charge in [-0.2, -0.15) is 0 Å². The lowest BCUT2D eigenvalue weighted by atomic mass is 10.0. The molecule has 4 heterocycles. The van der Waals surface area contributed by atoms with Crippen LogP contribution in [0.5, 0.6) is 0 Å². The summed E-state index contributed by atoms with van der Waals surface area (Å²) in [5, 5.41) is 0. The minimum Gasteiger partial charge on any atom is -0.381 e. The zero-order valence-corrected chi connectivity index (χ0v) is 14.4. The van der Waals surface area contributed by atoms with Crippen LogP contribution >= 0.6 is 0 Å². The number of nitrogens with zero attached hydrogens (tertiary/aromatic N) is 4. The normalized spacial score (nSPS) is 21.6. The van der Waals surface area contributed by atoms with Crippen LogP contribution in [0, 0.1) is 0 Å². The van der Waals surface area contributed by atoms with Crippen molar-refractivity contribution >= 4 is 5.82 Å². The first kappa shape index (κ1) is 16.4. The fraction of sp³-hybridized carbons (Fsp3) is 0.526. The SMILES string of the molecule is c1cncc(COC2CCN(c3cc(C4CCOC4)ncn3)CC2)c1. The van der Waals surface area contributed by atoms with E-state index in [1.165, 1.54) is 0 Å². The summed E-state index contributed by atoms with van der Waals surface area (Å²) in [6.07, 6.45) is 8.74. The highest BCUT2D eigenvalue weighted by molar-refractivity contribution is 5.40. The number of anilines is 1. The fourth-order valence-corrected chi connectivity index (χ4v) is 3.47. The van der Waals surface area contributed by atoms with E-state index in [9.17, 15) is 0 Å². The van der Waals surface area contributed by atoms with Crippen molar-refractivity contribution in [1.29, 1.82) is 0 Å². The van der Waals surface area contributed by atoms with E-state index >= 15 is 0 Å². The number of rotatable bonds is 5.